The first-order valence-electron chi connectivity index (χ1n) is 11.3. The molecule has 0 aliphatic heterocycles. The number of nitrogens with zero attached hydrogens (tertiary/aromatic N) is 2. The molecule has 4 rings (SSSR count). The lowest BCUT2D eigenvalue weighted by molar-refractivity contribution is 0.0751. The molecule has 3 aromatic rings. The molecule has 1 amide bonds. The number of pyridine rings is 1. The van der Waals surface area contributed by atoms with Crippen molar-refractivity contribution in [3.05, 3.63) is 78.0 Å². The third-order valence-electron chi connectivity index (χ3n) is 5.99. The second-order valence-electron chi connectivity index (χ2n) is 8.48. The Hall–Kier alpha value is -3.23. The smallest absolute Gasteiger partial charge is 0.253 e. The highest BCUT2D eigenvalue weighted by Crippen LogP contribution is 2.30. The molecule has 1 aliphatic rings. The molecular weight excluding hydrogens is 450 g/mol. The third-order valence-corrected chi connectivity index (χ3v) is 7.59. The molecule has 1 saturated carbocycles. The van der Waals surface area contributed by atoms with Crippen LogP contribution in [-0.4, -0.2) is 51.0 Å². The predicted molar refractivity (Wildman–Crippen MR) is 131 cm³/mol. The Balaban J connectivity index is 1.47. The first-order chi connectivity index (χ1) is 16.4. The topological polar surface area (TPSA) is 88.6 Å². The quantitative estimate of drug-likeness (QED) is 0.477. The lowest BCUT2D eigenvalue weighted by Crippen LogP contribution is -2.39. The maximum atomic E-state index is 13.1. The van der Waals surface area contributed by atoms with E-state index in [1.54, 1.807) is 55.5 Å². The number of amides is 1. The van der Waals surface area contributed by atoms with E-state index in [9.17, 15) is 13.2 Å². The molecule has 7 nitrogen and oxygen atoms in total. The summed E-state index contributed by atoms with van der Waals surface area (Å²) in [4.78, 5) is 19.2. The van der Waals surface area contributed by atoms with Crippen LogP contribution in [0.4, 0.5) is 0 Å². The number of aromatic nitrogens is 1. The van der Waals surface area contributed by atoms with Crippen molar-refractivity contribution in [2.45, 2.75) is 24.7 Å². The molecule has 1 aliphatic carbocycles. The molecule has 1 N–H and O–H groups in total. The number of rotatable bonds is 10. The predicted octanol–water partition coefficient (Wildman–Crippen LogP) is 3.90. The van der Waals surface area contributed by atoms with E-state index in [1.165, 1.54) is 0 Å². The largest absolute Gasteiger partial charge is 0.481 e. The van der Waals surface area contributed by atoms with Crippen molar-refractivity contribution >= 4 is 15.9 Å². The Labute approximate surface area is 200 Å². The van der Waals surface area contributed by atoms with Gasteiger partial charge in [0.15, 0.2) is 0 Å². The van der Waals surface area contributed by atoms with E-state index in [0.29, 0.717) is 36.0 Å². The Morgan fingerprint density at radius 2 is 1.85 bits per heavy atom. The molecule has 0 unspecified atom stereocenters. The second-order valence-corrected chi connectivity index (χ2v) is 10.2. The number of benzene rings is 2. The maximum Gasteiger partial charge on any atom is 0.253 e. The van der Waals surface area contributed by atoms with Crippen molar-refractivity contribution in [1.29, 1.82) is 0 Å². The average Bonchev–Trinajstić information content (AvgIpc) is 3.68. The zero-order valence-electron chi connectivity index (χ0n) is 19.4. The van der Waals surface area contributed by atoms with E-state index in [0.717, 1.165) is 24.0 Å². The molecule has 1 heterocycles. The van der Waals surface area contributed by atoms with Crippen LogP contribution in [0.2, 0.25) is 0 Å². The van der Waals surface area contributed by atoms with Gasteiger partial charge in [-0.15, -0.1) is 0 Å². The zero-order valence-corrected chi connectivity index (χ0v) is 20.2. The molecule has 0 bridgehead atoms. The number of methoxy groups -OCH3 is 1. The molecule has 0 radical (unpaired) electrons. The molecule has 1 aromatic heterocycles. The van der Waals surface area contributed by atoms with E-state index in [1.807, 2.05) is 30.3 Å². The number of carbonyl (C=O) groups is 1. The lowest BCUT2D eigenvalue weighted by atomic mass is 10.0. The number of carbonyl (C=O) groups excluding carboxylic acids is 1. The van der Waals surface area contributed by atoms with E-state index >= 15 is 0 Å². The first kappa shape index (κ1) is 23.9. The van der Waals surface area contributed by atoms with Crippen molar-refractivity contribution in [2.24, 2.45) is 5.92 Å². The van der Waals surface area contributed by atoms with Crippen LogP contribution < -0.4 is 9.46 Å². The number of hydrogen-bond donors (Lipinski definition) is 1. The fraction of sp³-hybridized carbons (Fsp3) is 0.308. The van der Waals surface area contributed by atoms with Gasteiger partial charge in [0, 0.05) is 43.0 Å². The Morgan fingerprint density at radius 1 is 1.09 bits per heavy atom. The van der Waals surface area contributed by atoms with Gasteiger partial charge in [0.25, 0.3) is 5.91 Å². The van der Waals surface area contributed by atoms with Gasteiger partial charge in [-0.1, -0.05) is 30.3 Å². The standard InChI is InChI=1S/C26H29N3O4S/c1-19-23(22-13-14-25(33-2)27-17-22)9-6-10-24(19)34(31,32)28-15-16-29(18-20-11-12-20)26(30)21-7-4-3-5-8-21/h3-10,13-14,17,20,28H,11-12,15-16,18H2,1-2H3. The summed E-state index contributed by atoms with van der Waals surface area (Å²) >= 11 is 0. The summed E-state index contributed by atoms with van der Waals surface area (Å²) in [5.74, 6) is 0.922. The zero-order chi connectivity index (χ0) is 24.1. The van der Waals surface area contributed by atoms with Gasteiger partial charge < -0.3 is 9.64 Å². The van der Waals surface area contributed by atoms with E-state index in [-0.39, 0.29) is 17.3 Å². The van der Waals surface area contributed by atoms with Crippen LogP contribution in [0.15, 0.2) is 71.8 Å². The number of hydrogen-bond acceptors (Lipinski definition) is 5. The minimum absolute atomic E-state index is 0.0723. The second kappa shape index (κ2) is 10.4. The summed E-state index contributed by atoms with van der Waals surface area (Å²) in [5, 5.41) is 0. The number of ether oxygens (including phenoxy) is 1. The molecule has 178 valence electrons. The third kappa shape index (κ3) is 5.63. The maximum absolute atomic E-state index is 13.1. The van der Waals surface area contributed by atoms with Crippen LogP contribution in [0.3, 0.4) is 0 Å². The summed E-state index contributed by atoms with van der Waals surface area (Å²) < 4.78 is 34.1. The van der Waals surface area contributed by atoms with Crippen LogP contribution in [0, 0.1) is 12.8 Å². The van der Waals surface area contributed by atoms with Crippen molar-refractivity contribution < 1.29 is 17.9 Å². The number of nitrogens with one attached hydrogen (secondary N) is 1. The average molecular weight is 480 g/mol. The van der Waals surface area contributed by atoms with E-state index in [4.69, 9.17) is 4.74 Å². The molecule has 2 aromatic carbocycles. The van der Waals surface area contributed by atoms with Gasteiger partial charge in [0.1, 0.15) is 0 Å². The lowest BCUT2D eigenvalue weighted by Gasteiger charge is -2.23. The van der Waals surface area contributed by atoms with Gasteiger partial charge >= 0.3 is 0 Å². The molecule has 0 spiro atoms. The molecule has 1 fully saturated rings. The highest BCUT2D eigenvalue weighted by Gasteiger charge is 2.27. The summed E-state index contributed by atoms with van der Waals surface area (Å²) in [5.41, 5.74) is 2.84. The van der Waals surface area contributed by atoms with Crippen LogP contribution in [0.5, 0.6) is 5.88 Å². The van der Waals surface area contributed by atoms with Crippen LogP contribution >= 0.6 is 0 Å². The van der Waals surface area contributed by atoms with Gasteiger partial charge in [-0.25, -0.2) is 18.1 Å². The van der Waals surface area contributed by atoms with Crippen molar-refractivity contribution in [3.63, 3.8) is 0 Å². The van der Waals surface area contributed by atoms with Gasteiger partial charge in [0.05, 0.1) is 12.0 Å². The van der Waals surface area contributed by atoms with Gasteiger partial charge in [-0.3, -0.25) is 4.79 Å². The molecule has 0 atom stereocenters. The first-order valence-corrected chi connectivity index (χ1v) is 12.8. The van der Waals surface area contributed by atoms with E-state index < -0.39 is 10.0 Å². The van der Waals surface area contributed by atoms with Gasteiger partial charge in [-0.2, -0.15) is 0 Å². The molecule has 0 saturated heterocycles. The van der Waals surface area contributed by atoms with Crippen LogP contribution in [0.1, 0.15) is 28.8 Å². The minimum atomic E-state index is -3.77. The Bertz CT molecular complexity index is 1240. The summed E-state index contributed by atoms with van der Waals surface area (Å²) in [6.45, 7) is 2.88. The highest BCUT2D eigenvalue weighted by molar-refractivity contribution is 7.89. The summed E-state index contributed by atoms with van der Waals surface area (Å²) in [6.07, 6.45) is 3.88. The van der Waals surface area contributed by atoms with Crippen LogP contribution in [-0.2, 0) is 10.0 Å². The van der Waals surface area contributed by atoms with Crippen molar-refractivity contribution in [2.75, 3.05) is 26.7 Å². The fourth-order valence-corrected chi connectivity index (χ4v) is 5.21. The monoisotopic (exact) mass is 479 g/mol. The van der Waals surface area contributed by atoms with Crippen molar-refractivity contribution in [1.82, 2.24) is 14.6 Å². The molecule has 34 heavy (non-hydrogen) atoms. The Morgan fingerprint density at radius 3 is 2.50 bits per heavy atom. The van der Waals surface area contributed by atoms with Crippen LogP contribution in [0.25, 0.3) is 11.1 Å². The minimum Gasteiger partial charge on any atom is -0.481 e. The Kier molecular flexibility index (Phi) is 7.29. The fourth-order valence-electron chi connectivity index (χ4n) is 3.92. The summed E-state index contributed by atoms with van der Waals surface area (Å²) in [7, 11) is -2.22. The number of sulfonamides is 1. The van der Waals surface area contributed by atoms with E-state index in [2.05, 4.69) is 9.71 Å². The van der Waals surface area contributed by atoms with Crippen molar-refractivity contribution in [3.8, 4) is 17.0 Å². The highest BCUT2D eigenvalue weighted by atomic mass is 32.2. The molecule has 8 heteroatoms. The normalized spacial score (nSPS) is 13.5. The van der Waals surface area contributed by atoms with Gasteiger partial charge in [-0.05, 0) is 61.1 Å². The summed E-state index contributed by atoms with van der Waals surface area (Å²) in [6, 6.07) is 17.9. The van der Waals surface area contributed by atoms with Gasteiger partial charge in [0.2, 0.25) is 15.9 Å². The molecular formula is C26H29N3O4S. The SMILES string of the molecule is COc1ccc(-c2cccc(S(=O)(=O)NCCN(CC3CC3)C(=O)c3ccccc3)c2C)cn1.